The van der Waals surface area contributed by atoms with E-state index in [-0.39, 0.29) is 36.1 Å². The molecule has 2 amide bonds. The number of amides is 2. The zero-order valence-electron chi connectivity index (χ0n) is 16.4. The van der Waals surface area contributed by atoms with Gasteiger partial charge in [-0.2, -0.15) is 5.10 Å². The van der Waals surface area contributed by atoms with E-state index >= 15 is 0 Å². The van der Waals surface area contributed by atoms with E-state index in [4.69, 9.17) is 4.52 Å². The fraction of sp³-hybridized carbons (Fsp3) is 0.579. The molecule has 28 heavy (non-hydrogen) atoms. The quantitative estimate of drug-likeness (QED) is 0.569. The molecule has 0 radical (unpaired) electrons. The van der Waals surface area contributed by atoms with Gasteiger partial charge in [0.1, 0.15) is 17.7 Å². The van der Waals surface area contributed by atoms with Crippen LogP contribution in [0.5, 0.6) is 0 Å². The number of nitrogens with zero attached hydrogens (tertiary/aromatic N) is 2. The summed E-state index contributed by atoms with van der Waals surface area (Å²) in [6.45, 7) is 5.42. The Bertz CT molecular complexity index is 828. The third-order valence-corrected chi connectivity index (χ3v) is 4.98. The van der Waals surface area contributed by atoms with E-state index in [0.717, 1.165) is 30.7 Å². The third kappa shape index (κ3) is 4.98. The summed E-state index contributed by atoms with van der Waals surface area (Å²) in [5.74, 6) is 0.575. The van der Waals surface area contributed by atoms with Gasteiger partial charge in [0.25, 0.3) is 0 Å². The number of aromatic amines is 1. The summed E-state index contributed by atoms with van der Waals surface area (Å²) in [7, 11) is 0. The highest BCUT2D eigenvalue weighted by Crippen LogP contribution is 2.34. The van der Waals surface area contributed by atoms with Gasteiger partial charge < -0.3 is 20.3 Å². The molecule has 1 aliphatic carbocycles. The maximum Gasteiger partial charge on any atom is 0.249 e. The highest BCUT2D eigenvalue weighted by atomic mass is 16.5. The molecule has 0 aliphatic heterocycles. The van der Waals surface area contributed by atoms with Crippen molar-refractivity contribution in [2.45, 2.75) is 64.5 Å². The summed E-state index contributed by atoms with van der Waals surface area (Å²) in [6, 6.07) is 3.57. The van der Waals surface area contributed by atoms with Crippen LogP contribution in [0.15, 0.2) is 16.7 Å². The van der Waals surface area contributed by atoms with Gasteiger partial charge in [-0.3, -0.25) is 14.7 Å². The molecule has 1 fully saturated rings. The highest BCUT2D eigenvalue weighted by Gasteiger charge is 2.30. The first-order chi connectivity index (χ1) is 13.3. The van der Waals surface area contributed by atoms with E-state index < -0.39 is 6.10 Å². The van der Waals surface area contributed by atoms with Crippen molar-refractivity contribution in [3.8, 4) is 0 Å². The van der Waals surface area contributed by atoms with Crippen molar-refractivity contribution in [1.29, 1.82) is 0 Å². The topological polar surface area (TPSA) is 133 Å². The maximum atomic E-state index is 12.1. The standard InChI is InChI=1S/C19H27N5O4/c1-10(2)18(26)19(27)20-13-5-4-12(7-13)15-9-16(23-22-15)21-17(25)8-14-6-11(3)24-28-14/h6,9-10,12-13,18,26H,4-5,7-8H2,1-3H3,(H,20,27)(H2,21,22,23,25)/t12-,13+,18?/m0/s1. The molecule has 0 bridgehead atoms. The summed E-state index contributed by atoms with van der Waals surface area (Å²) in [6.07, 6.45) is 1.59. The van der Waals surface area contributed by atoms with Crippen molar-refractivity contribution < 1.29 is 19.2 Å². The van der Waals surface area contributed by atoms with E-state index in [0.29, 0.717) is 11.6 Å². The van der Waals surface area contributed by atoms with Crippen LogP contribution in [0.3, 0.4) is 0 Å². The maximum absolute atomic E-state index is 12.1. The average Bonchev–Trinajstić information content (AvgIpc) is 3.36. The molecule has 1 saturated carbocycles. The first-order valence-corrected chi connectivity index (χ1v) is 9.57. The van der Waals surface area contributed by atoms with E-state index in [1.165, 1.54) is 0 Å². The van der Waals surface area contributed by atoms with E-state index in [1.54, 1.807) is 13.0 Å². The smallest absolute Gasteiger partial charge is 0.249 e. The van der Waals surface area contributed by atoms with Crippen molar-refractivity contribution in [3.63, 3.8) is 0 Å². The van der Waals surface area contributed by atoms with Crippen molar-refractivity contribution in [3.05, 3.63) is 29.3 Å². The molecular formula is C19H27N5O4. The Balaban J connectivity index is 1.50. The molecule has 3 rings (SSSR count). The minimum atomic E-state index is -0.987. The second-order valence-corrected chi connectivity index (χ2v) is 7.77. The van der Waals surface area contributed by atoms with Gasteiger partial charge >= 0.3 is 0 Å². The SMILES string of the molecule is Cc1cc(CC(=O)Nc2cc([C@H]3CC[C@@H](NC(=O)C(O)C(C)C)C3)n[nH]2)on1. The Morgan fingerprint density at radius 2 is 2.14 bits per heavy atom. The number of anilines is 1. The van der Waals surface area contributed by atoms with Crippen molar-refractivity contribution in [2.75, 3.05) is 5.32 Å². The number of aliphatic hydroxyl groups excluding tert-OH is 1. The van der Waals surface area contributed by atoms with Crippen molar-refractivity contribution in [1.82, 2.24) is 20.7 Å². The largest absolute Gasteiger partial charge is 0.383 e. The minimum absolute atomic E-state index is 0.0235. The third-order valence-electron chi connectivity index (χ3n) is 4.98. The highest BCUT2D eigenvalue weighted by molar-refractivity contribution is 5.91. The number of hydrogen-bond donors (Lipinski definition) is 4. The zero-order valence-corrected chi connectivity index (χ0v) is 16.4. The van der Waals surface area contributed by atoms with Crippen LogP contribution < -0.4 is 10.6 Å². The molecule has 152 valence electrons. The Kier molecular flexibility index (Phi) is 6.13. The monoisotopic (exact) mass is 389 g/mol. The van der Waals surface area contributed by atoms with Gasteiger partial charge in [-0.15, -0.1) is 0 Å². The lowest BCUT2D eigenvalue weighted by Crippen LogP contribution is -2.42. The second kappa shape index (κ2) is 8.55. The van der Waals surface area contributed by atoms with Gasteiger partial charge in [0, 0.05) is 24.1 Å². The van der Waals surface area contributed by atoms with Crippen LogP contribution in [0.25, 0.3) is 0 Å². The van der Waals surface area contributed by atoms with Gasteiger partial charge in [0.15, 0.2) is 0 Å². The van der Waals surface area contributed by atoms with E-state index in [2.05, 4.69) is 26.0 Å². The van der Waals surface area contributed by atoms with Crippen LogP contribution in [0.4, 0.5) is 5.82 Å². The normalized spacial score (nSPS) is 20.3. The first kappa shape index (κ1) is 20.1. The molecule has 1 unspecified atom stereocenters. The van der Waals surface area contributed by atoms with Crippen LogP contribution in [-0.2, 0) is 16.0 Å². The number of carbonyl (C=O) groups is 2. The Morgan fingerprint density at radius 1 is 1.36 bits per heavy atom. The molecule has 1 aliphatic rings. The molecule has 2 heterocycles. The second-order valence-electron chi connectivity index (χ2n) is 7.77. The summed E-state index contributed by atoms with van der Waals surface area (Å²) in [4.78, 5) is 24.1. The molecule has 4 N–H and O–H groups in total. The van der Waals surface area contributed by atoms with Gasteiger partial charge in [-0.05, 0) is 32.1 Å². The predicted octanol–water partition coefficient (Wildman–Crippen LogP) is 1.66. The molecule has 0 spiro atoms. The molecule has 0 saturated heterocycles. The van der Waals surface area contributed by atoms with Crippen LogP contribution in [-0.4, -0.2) is 44.4 Å². The number of aliphatic hydroxyl groups is 1. The summed E-state index contributed by atoms with van der Waals surface area (Å²) in [5.41, 5.74) is 1.59. The average molecular weight is 389 g/mol. The molecule has 3 atom stereocenters. The van der Waals surface area contributed by atoms with E-state index in [1.807, 2.05) is 19.9 Å². The van der Waals surface area contributed by atoms with Crippen molar-refractivity contribution >= 4 is 17.6 Å². The molecule has 9 heteroatoms. The fourth-order valence-corrected chi connectivity index (χ4v) is 3.43. The minimum Gasteiger partial charge on any atom is -0.383 e. The molecule has 2 aromatic rings. The molecule has 9 nitrogen and oxygen atoms in total. The molecule has 2 aromatic heterocycles. The number of nitrogens with one attached hydrogen (secondary N) is 3. The van der Waals surface area contributed by atoms with Crippen molar-refractivity contribution in [2.24, 2.45) is 5.92 Å². The van der Waals surface area contributed by atoms with Crippen LogP contribution in [0, 0.1) is 12.8 Å². The number of aryl methyl sites for hydroxylation is 1. The van der Waals surface area contributed by atoms with Gasteiger partial charge in [0.2, 0.25) is 11.8 Å². The number of hydrogen-bond acceptors (Lipinski definition) is 6. The fourth-order valence-electron chi connectivity index (χ4n) is 3.43. The van der Waals surface area contributed by atoms with E-state index in [9.17, 15) is 14.7 Å². The molecule has 0 aromatic carbocycles. The summed E-state index contributed by atoms with van der Waals surface area (Å²) >= 11 is 0. The number of aromatic nitrogens is 3. The first-order valence-electron chi connectivity index (χ1n) is 9.57. The zero-order chi connectivity index (χ0) is 20.3. The summed E-state index contributed by atoms with van der Waals surface area (Å²) < 4.78 is 5.05. The number of carbonyl (C=O) groups excluding carboxylic acids is 2. The Labute approximate surface area is 163 Å². The molecular weight excluding hydrogens is 362 g/mol. The van der Waals surface area contributed by atoms with Crippen LogP contribution in [0.2, 0.25) is 0 Å². The van der Waals surface area contributed by atoms with Gasteiger partial charge in [-0.25, -0.2) is 0 Å². The lowest BCUT2D eigenvalue weighted by Gasteiger charge is -2.18. The van der Waals surface area contributed by atoms with Gasteiger partial charge in [-0.1, -0.05) is 19.0 Å². The van der Waals surface area contributed by atoms with Crippen LogP contribution in [0.1, 0.15) is 56.2 Å². The predicted molar refractivity (Wildman–Crippen MR) is 102 cm³/mol. The Morgan fingerprint density at radius 3 is 2.82 bits per heavy atom. The summed E-state index contributed by atoms with van der Waals surface area (Å²) in [5, 5.41) is 26.4. The van der Waals surface area contributed by atoms with Gasteiger partial charge in [0.05, 0.1) is 17.8 Å². The van der Waals surface area contributed by atoms with Crippen LogP contribution >= 0.6 is 0 Å². The Hall–Kier alpha value is -2.68. The lowest BCUT2D eigenvalue weighted by molar-refractivity contribution is -0.132. The number of rotatable bonds is 7. The lowest BCUT2D eigenvalue weighted by atomic mass is 10.0. The number of H-pyrrole nitrogens is 1.